The first-order valence-electron chi connectivity index (χ1n) is 9.85. The van der Waals surface area contributed by atoms with Gasteiger partial charge in [0.15, 0.2) is 0 Å². The Hall–Kier alpha value is -1.10. The highest BCUT2D eigenvalue weighted by Gasteiger charge is 2.37. The Kier molecular flexibility index (Phi) is 7.93. The summed E-state index contributed by atoms with van der Waals surface area (Å²) in [6, 6.07) is 8.29. The van der Waals surface area contributed by atoms with Crippen LogP contribution in [0.4, 0.5) is 0 Å². The van der Waals surface area contributed by atoms with E-state index in [1.54, 1.807) is 0 Å². The molecule has 0 spiro atoms. The van der Waals surface area contributed by atoms with Gasteiger partial charge >= 0.3 is 0 Å². The minimum Gasteiger partial charge on any atom is -0.390 e. The van der Waals surface area contributed by atoms with Crippen molar-refractivity contribution in [3.05, 3.63) is 34.9 Å². The molecule has 0 radical (unpaired) electrons. The molecule has 26 heavy (non-hydrogen) atoms. The topological polar surface area (TPSA) is 43.8 Å². The summed E-state index contributed by atoms with van der Waals surface area (Å²) >= 11 is 6.27. The van der Waals surface area contributed by atoms with Gasteiger partial charge in [0.25, 0.3) is 0 Å². The van der Waals surface area contributed by atoms with Crippen LogP contribution in [0.25, 0.3) is 0 Å². The second-order valence-electron chi connectivity index (χ2n) is 7.50. The molecule has 0 bridgehead atoms. The Morgan fingerprint density at radius 2 is 1.85 bits per heavy atom. The standard InChI is InChI=1S/C21H33ClN2O2/c1-5-15(3)23(16(4)6-2)14-20(25)19-11-12-21(26)24(19)13-17-9-7-8-10-18(17)22/h7-10,15-16,19-20,25H,5-6,11-14H2,1-4H3/t15-,16+,19-,20-/m1/s1. The molecular formula is C21H33ClN2O2. The minimum absolute atomic E-state index is 0.104. The van der Waals surface area contributed by atoms with E-state index in [2.05, 4.69) is 32.6 Å². The quantitative estimate of drug-likeness (QED) is 0.701. The summed E-state index contributed by atoms with van der Waals surface area (Å²) in [7, 11) is 0. The molecule has 1 heterocycles. The van der Waals surface area contributed by atoms with Crippen molar-refractivity contribution in [2.75, 3.05) is 6.54 Å². The maximum Gasteiger partial charge on any atom is 0.223 e. The van der Waals surface area contributed by atoms with Crippen molar-refractivity contribution < 1.29 is 9.90 Å². The van der Waals surface area contributed by atoms with Gasteiger partial charge in [0, 0.05) is 36.6 Å². The molecule has 0 unspecified atom stereocenters. The smallest absolute Gasteiger partial charge is 0.223 e. The van der Waals surface area contributed by atoms with E-state index in [0.717, 1.165) is 18.4 Å². The molecule has 146 valence electrons. The molecule has 5 heteroatoms. The average Bonchev–Trinajstić information content (AvgIpc) is 3.00. The van der Waals surface area contributed by atoms with Crippen LogP contribution in [0.3, 0.4) is 0 Å². The molecule has 4 nitrogen and oxygen atoms in total. The number of hydrogen-bond donors (Lipinski definition) is 1. The van der Waals surface area contributed by atoms with E-state index in [1.165, 1.54) is 0 Å². The third-order valence-electron chi connectivity index (χ3n) is 5.83. The lowest BCUT2D eigenvalue weighted by Crippen LogP contribution is -2.50. The summed E-state index contributed by atoms with van der Waals surface area (Å²) in [5.41, 5.74) is 0.933. The van der Waals surface area contributed by atoms with Crippen molar-refractivity contribution in [3.63, 3.8) is 0 Å². The summed E-state index contributed by atoms with van der Waals surface area (Å²) < 4.78 is 0. The first kappa shape index (κ1) is 21.2. The first-order valence-corrected chi connectivity index (χ1v) is 10.2. The second kappa shape index (κ2) is 9.72. The van der Waals surface area contributed by atoms with Gasteiger partial charge in [0.1, 0.15) is 0 Å². The number of amides is 1. The van der Waals surface area contributed by atoms with Crippen LogP contribution in [0.5, 0.6) is 0 Å². The number of aliphatic hydroxyl groups is 1. The predicted octanol–water partition coefficient (Wildman–Crippen LogP) is 4.09. The molecule has 0 aliphatic carbocycles. The zero-order valence-corrected chi connectivity index (χ0v) is 17.2. The van der Waals surface area contributed by atoms with E-state index in [-0.39, 0.29) is 11.9 Å². The molecule has 1 aromatic carbocycles. The molecule has 4 atom stereocenters. The summed E-state index contributed by atoms with van der Waals surface area (Å²) in [4.78, 5) is 16.6. The van der Waals surface area contributed by atoms with Crippen LogP contribution >= 0.6 is 11.6 Å². The Balaban J connectivity index is 2.11. The Labute approximate surface area is 163 Å². The highest BCUT2D eigenvalue weighted by molar-refractivity contribution is 6.31. The maximum absolute atomic E-state index is 12.4. The van der Waals surface area contributed by atoms with Gasteiger partial charge in [-0.2, -0.15) is 0 Å². The van der Waals surface area contributed by atoms with Crippen LogP contribution < -0.4 is 0 Å². The fraction of sp³-hybridized carbons (Fsp3) is 0.667. The lowest BCUT2D eigenvalue weighted by Gasteiger charge is -2.38. The van der Waals surface area contributed by atoms with Crippen molar-refractivity contribution >= 4 is 17.5 Å². The maximum atomic E-state index is 12.4. The monoisotopic (exact) mass is 380 g/mol. The van der Waals surface area contributed by atoms with Crippen molar-refractivity contribution in [1.82, 2.24) is 9.80 Å². The lowest BCUT2D eigenvalue weighted by molar-refractivity contribution is -0.131. The normalized spacial score (nSPS) is 21.3. The number of halogens is 1. The Morgan fingerprint density at radius 1 is 1.23 bits per heavy atom. The number of nitrogens with zero attached hydrogens (tertiary/aromatic N) is 2. The van der Waals surface area contributed by atoms with Gasteiger partial charge in [-0.15, -0.1) is 0 Å². The molecule has 1 fully saturated rings. The summed E-state index contributed by atoms with van der Waals surface area (Å²) in [6.07, 6.45) is 2.75. The highest BCUT2D eigenvalue weighted by atomic mass is 35.5. The molecule has 1 amide bonds. The first-order chi connectivity index (χ1) is 12.4. The van der Waals surface area contributed by atoms with Gasteiger partial charge in [0.2, 0.25) is 5.91 Å². The van der Waals surface area contributed by atoms with E-state index >= 15 is 0 Å². The van der Waals surface area contributed by atoms with E-state index in [9.17, 15) is 9.90 Å². The fourth-order valence-corrected chi connectivity index (χ4v) is 3.97. The van der Waals surface area contributed by atoms with Gasteiger partial charge in [-0.05, 0) is 44.7 Å². The number of carbonyl (C=O) groups is 1. The molecule has 1 aromatic rings. The van der Waals surface area contributed by atoms with Crippen molar-refractivity contribution in [3.8, 4) is 0 Å². The zero-order valence-electron chi connectivity index (χ0n) is 16.5. The van der Waals surface area contributed by atoms with Crippen LogP contribution in [0.2, 0.25) is 5.02 Å². The third kappa shape index (κ3) is 4.99. The summed E-state index contributed by atoms with van der Waals surface area (Å²) in [6.45, 7) is 9.83. The molecule has 0 saturated carbocycles. The Bertz CT molecular complexity index is 585. The fourth-order valence-electron chi connectivity index (χ4n) is 3.77. The number of carbonyl (C=O) groups excluding carboxylic acids is 1. The van der Waals surface area contributed by atoms with Gasteiger partial charge in [-0.1, -0.05) is 43.6 Å². The van der Waals surface area contributed by atoms with E-state index in [0.29, 0.717) is 43.0 Å². The van der Waals surface area contributed by atoms with Crippen LogP contribution in [0.15, 0.2) is 24.3 Å². The predicted molar refractivity (Wildman–Crippen MR) is 107 cm³/mol. The van der Waals surface area contributed by atoms with E-state index < -0.39 is 6.10 Å². The molecule has 2 rings (SSSR count). The minimum atomic E-state index is -0.549. The third-order valence-corrected chi connectivity index (χ3v) is 6.20. The van der Waals surface area contributed by atoms with Crippen LogP contribution in [0.1, 0.15) is 58.9 Å². The van der Waals surface area contributed by atoms with E-state index in [4.69, 9.17) is 11.6 Å². The second-order valence-corrected chi connectivity index (χ2v) is 7.90. The van der Waals surface area contributed by atoms with Gasteiger partial charge in [-0.3, -0.25) is 9.69 Å². The average molecular weight is 381 g/mol. The Morgan fingerprint density at radius 3 is 2.42 bits per heavy atom. The number of likely N-dealkylation sites (tertiary alicyclic amines) is 1. The van der Waals surface area contributed by atoms with Crippen LogP contribution in [-0.2, 0) is 11.3 Å². The number of aliphatic hydroxyl groups excluding tert-OH is 1. The van der Waals surface area contributed by atoms with E-state index in [1.807, 2.05) is 29.2 Å². The van der Waals surface area contributed by atoms with Crippen LogP contribution in [0, 0.1) is 0 Å². The molecule has 0 aromatic heterocycles. The SMILES string of the molecule is CC[C@@H](C)N(C[C@@H](O)[C@H]1CCC(=O)N1Cc1ccccc1Cl)[C@@H](C)CC. The molecule has 1 saturated heterocycles. The van der Waals surface area contributed by atoms with Gasteiger partial charge < -0.3 is 10.0 Å². The summed E-state index contributed by atoms with van der Waals surface area (Å²) in [5.74, 6) is 0.104. The highest BCUT2D eigenvalue weighted by Crippen LogP contribution is 2.27. The number of rotatable bonds is 9. The molecular weight excluding hydrogens is 348 g/mol. The molecule has 1 aliphatic rings. The van der Waals surface area contributed by atoms with Crippen molar-refractivity contribution in [2.24, 2.45) is 0 Å². The number of benzene rings is 1. The van der Waals surface area contributed by atoms with Gasteiger partial charge in [-0.25, -0.2) is 0 Å². The largest absolute Gasteiger partial charge is 0.390 e. The lowest BCUT2D eigenvalue weighted by atomic mass is 10.0. The molecule has 1 N–H and O–H groups in total. The zero-order chi connectivity index (χ0) is 19.3. The van der Waals surface area contributed by atoms with Crippen molar-refractivity contribution in [1.29, 1.82) is 0 Å². The molecule has 1 aliphatic heterocycles. The number of hydrogen-bond acceptors (Lipinski definition) is 3. The van der Waals surface area contributed by atoms with Crippen LogP contribution in [-0.4, -0.2) is 51.6 Å². The summed E-state index contributed by atoms with van der Waals surface area (Å²) in [5, 5.41) is 11.6. The van der Waals surface area contributed by atoms with Gasteiger partial charge in [0.05, 0.1) is 12.1 Å². The van der Waals surface area contributed by atoms with Crippen molar-refractivity contribution in [2.45, 2.75) is 84.2 Å².